The van der Waals surface area contributed by atoms with Crippen molar-refractivity contribution < 1.29 is 45.5 Å². The highest BCUT2D eigenvalue weighted by Crippen LogP contribution is 2.12. The fourth-order valence-corrected chi connectivity index (χ4v) is 4.89. The molecular formula is C28H50N4O9S. The maximum absolute atomic E-state index is 12.5. The molecule has 0 bridgehead atoms. The normalized spacial score (nSPS) is 14.1. The van der Waals surface area contributed by atoms with E-state index in [1.165, 1.54) is 32.6 Å². The van der Waals surface area contributed by atoms with E-state index in [2.05, 4.69) is 16.0 Å². The van der Waals surface area contributed by atoms with Gasteiger partial charge in [0, 0.05) is 25.7 Å². The van der Waals surface area contributed by atoms with E-state index >= 15 is 0 Å². The van der Waals surface area contributed by atoms with E-state index in [4.69, 9.17) is 17.3 Å². The van der Waals surface area contributed by atoms with Crippen LogP contribution in [0.15, 0.2) is 0 Å². The molecule has 3 amide bonds. The first-order valence-electron chi connectivity index (χ1n) is 15.3. The highest BCUT2D eigenvalue weighted by atomic mass is 32.2. The number of carbonyl (C=O) groups excluding carboxylic acids is 3. The van der Waals surface area contributed by atoms with Gasteiger partial charge in [0.15, 0.2) is 0 Å². The molecule has 0 heterocycles. The van der Waals surface area contributed by atoms with Crippen molar-refractivity contribution in [1.82, 2.24) is 16.0 Å². The first kappa shape index (κ1) is 37.2. The van der Waals surface area contributed by atoms with Gasteiger partial charge in [0.1, 0.15) is 24.2 Å². The van der Waals surface area contributed by atoms with Crippen LogP contribution in [-0.4, -0.2) is 86.6 Å². The van der Waals surface area contributed by atoms with Gasteiger partial charge in [-0.25, -0.2) is 4.79 Å². The van der Waals surface area contributed by atoms with Crippen molar-refractivity contribution in [2.24, 2.45) is 5.73 Å². The number of nitrogens with one attached hydrogen (secondary N) is 3. The molecule has 0 rings (SSSR count). The number of carboxylic acid groups (broad SMARTS) is 3. The van der Waals surface area contributed by atoms with Gasteiger partial charge in [-0.3, -0.25) is 24.0 Å². The second-order valence-electron chi connectivity index (χ2n) is 10.3. The minimum atomic E-state index is -1.30. The van der Waals surface area contributed by atoms with Gasteiger partial charge < -0.3 is 37.0 Å². The third-order valence-electron chi connectivity index (χ3n) is 6.48. The predicted molar refractivity (Wildman–Crippen MR) is 160 cm³/mol. The van der Waals surface area contributed by atoms with Crippen molar-refractivity contribution in [1.29, 1.82) is 0 Å². The molecule has 4 atom stereocenters. The summed E-state index contributed by atoms with van der Waals surface area (Å²) in [5.74, 6) is -5.93. The average Bonchev–Trinajstić information content (AvgIpc) is 2.94. The monoisotopic (exact) mass is 619 g/mol. The minimum Gasteiger partial charge on any atom is -0.480 e. The SMILES string of the molecule is [2H]CCCCCCCCCCCCCC(=O)N[C@@H](CCC(=O)N[C@H](CSC[C@H](N)C(=O)O)C(=O)N[C@H](C)C(=O)O)C(=O)O. The van der Waals surface area contributed by atoms with Gasteiger partial charge in [0.05, 0.1) is 0 Å². The van der Waals surface area contributed by atoms with Crippen molar-refractivity contribution in [3.63, 3.8) is 0 Å². The van der Waals surface area contributed by atoms with E-state index in [0.29, 0.717) is 13.3 Å². The molecule has 0 fully saturated rings. The summed E-state index contributed by atoms with van der Waals surface area (Å²) in [6.45, 7) is 1.74. The zero-order valence-electron chi connectivity index (χ0n) is 25.6. The number of aliphatic carboxylic acids is 3. The Balaban J connectivity index is 4.55. The third-order valence-corrected chi connectivity index (χ3v) is 7.64. The molecule has 242 valence electrons. The van der Waals surface area contributed by atoms with Crippen molar-refractivity contribution in [2.75, 3.05) is 11.5 Å². The van der Waals surface area contributed by atoms with Gasteiger partial charge >= 0.3 is 17.9 Å². The molecule has 0 spiro atoms. The standard InChI is InChI=1S/C28H50N4O9S/c1-3-4-5-6-7-8-9-10-11-12-13-14-23(33)31-21(28(40)41)15-16-24(34)32-22(18-42-17-20(29)27(38)39)25(35)30-19(2)26(36)37/h19-22H,3-18,29H2,1-2H3,(H,30,35)(H,31,33)(H,32,34)(H,36,37)(H,38,39)(H,40,41)/t19-,20+,21+,22-/m1/s1/i1D. The summed E-state index contributed by atoms with van der Waals surface area (Å²) in [6.07, 6.45) is 11.2. The zero-order valence-corrected chi connectivity index (χ0v) is 25.4. The number of unbranched alkanes of at least 4 members (excludes halogenated alkanes) is 10. The molecule has 0 aromatic heterocycles. The van der Waals surface area contributed by atoms with Crippen molar-refractivity contribution in [3.05, 3.63) is 0 Å². The Morgan fingerprint density at radius 2 is 1.21 bits per heavy atom. The largest absolute Gasteiger partial charge is 0.480 e. The Hall–Kier alpha value is -2.87. The second kappa shape index (κ2) is 23.7. The maximum Gasteiger partial charge on any atom is 0.326 e. The molecule has 42 heavy (non-hydrogen) atoms. The molecule has 0 aromatic rings. The van der Waals surface area contributed by atoms with E-state index in [9.17, 15) is 33.9 Å². The van der Waals surface area contributed by atoms with E-state index in [1.54, 1.807) is 0 Å². The number of thioether (sulfide) groups is 1. The predicted octanol–water partition coefficient (Wildman–Crippen LogP) is 2.26. The molecule has 0 saturated heterocycles. The van der Waals surface area contributed by atoms with Crippen molar-refractivity contribution >= 4 is 47.4 Å². The van der Waals surface area contributed by atoms with Crippen LogP contribution in [0, 0.1) is 0 Å². The Morgan fingerprint density at radius 1 is 0.690 bits per heavy atom. The number of hydrogen-bond acceptors (Lipinski definition) is 8. The first-order valence-corrected chi connectivity index (χ1v) is 15.7. The van der Waals surface area contributed by atoms with Gasteiger partial charge in [0.25, 0.3) is 0 Å². The van der Waals surface area contributed by atoms with Crippen LogP contribution in [-0.2, 0) is 28.8 Å². The van der Waals surface area contributed by atoms with Crippen LogP contribution in [0.4, 0.5) is 0 Å². The number of hydrogen-bond donors (Lipinski definition) is 7. The van der Waals surface area contributed by atoms with Crippen molar-refractivity contribution in [2.45, 2.75) is 128 Å². The summed E-state index contributed by atoms with van der Waals surface area (Å²) >= 11 is 0.975. The smallest absolute Gasteiger partial charge is 0.326 e. The number of carbonyl (C=O) groups is 6. The Kier molecular flexibility index (Phi) is 20.9. The number of nitrogens with two attached hydrogens (primary N) is 1. The van der Waals surface area contributed by atoms with Gasteiger partial charge in [-0.15, -0.1) is 0 Å². The molecule has 0 unspecified atom stereocenters. The number of amides is 3. The maximum atomic E-state index is 12.5. The lowest BCUT2D eigenvalue weighted by Gasteiger charge is -2.21. The summed E-state index contributed by atoms with van der Waals surface area (Å²) < 4.78 is 7.13. The molecule has 14 heteroatoms. The van der Waals surface area contributed by atoms with Gasteiger partial charge in [-0.1, -0.05) is 71.1 Å². The van der Waals surface area contributed by atoms with Gasteiger partial charge in [0.2, 0.25) is 17.7 Å². The quantitative estimate of drug-likeness (QED) is 0.0695. The molecule has 0 radical (unpaired) electrons. The second-order valence-corrected chi connectivity index (χ2v) is 11.4. The molecule has 0 aliphatic carbocycles. The lowest BCUT2D eigenvalue weighted by molar-refractivity contribution is -0.142. The molecule has 13 nitrogen and oxygen atoms in total. The van der Waals surface area contributed by atoms with Crippen LogP contribution < -0.4 is 21.7 Å². The Morgan fingerprint density at radius 3 is 1.74 bits per heavy atom. The van der Waals surface area contributed by atoms with E-state index in [-0.39, 0.29) is 30.8 Å². The van der Waals surface area contributed by atoms with Crippen molar-refractivity contribution in [3.8, 4) is 0 Å². The lowest BCUT2D eigenvalue weighted by Crippen LogP contribution is -2.52. The highest BCUT2D eigenvalue weighted by molar-refractivity contribution is 7.99. The van der Waals surface area contributed by atoms with Crippen LogP contribution in [0.3, 0.4) is 0 Å². The molecule has 0 aromatic carbocycles. The minimum absolute atomic E-state index is 0.0645. The van der Waals surface area contributed by atoms with Crippen LogP contribution in [0.1, 0.15) is 105 Å². The van der Waals surface area contributed by atoms with Crippen LogP contribution in [0.25, 0.3) is 0 Å². The summed E-state index contributed by atoms with van der Waals surface area (Å²) in [5.41, 5.74) is 5.45. The lowest BCUT2D eigenvalue weighted by atomic mass is 10.0. The summed E-state index contributed by atoms with van der Waals surface area (Å²) in [7, 11) is 0. The summed E-state index contributed by atoms with van der Waals surface area (Å²) in [5, 5.41) is 34.5. The molecular weight excluding hydrogens is 568 g/mol. The highest BCUT2D eigenvalue weighted by Gasteiger charge is 2.26. The first-order chi connectivity index (χ1) is 20.4. The summed E-state index contributed by atoms with van der Waals surface area (Å²) in [4.78, 5) is 71.0. The Labute approximate surface area is 253 Å². The molecule has 0 aliphatic heterocycles. The topological polar surface area (TPSA) is 225 Å². The zero-order chi connectivity index (χ0) is 32.6. The van der Waals surface area contributed by atoms with E-state index in [0.717, 1.165) is 50.3 Å². The Bertz CT molecular complexity index is 881. The van der Waals surface area contributed by atoms with Crippen LogP contribution in [0.5, 0.6) is 0 Å². The van der Waals surface area contributed by atoms with Crippen LogP contribution >= 0.6 is 11.8 Å². The molecule has 8 N–H and O–H groups in total. The average molecular weight is 620 g/mol. The fourth-order valence-electron chi connectivity index (χ4n) is 3.89. The molecule has 0 saturated carbocycles. The van der Waals surface area contributed by atoms with E-state index in [1.807, 2.05) is 0 Å². The van der Waals surface area contributed by atoms with Gasteiger partial charge in [-0.2, -0.15) is 11.8 Å². The number of carboxylic acids is 3. The molecule has 0 aliphatic rings. The summed E-state index contributed by atoms with van der Waals surface area (Å²) in [6, 6.07) is -4.98. The van der Waals surface area contributed by atoms with E-state index < -0.39 is 59.8 Å². The third kappa shape index (κ3) is 20.1. The number of rotatable bonds is 26. The van der Waals surface area contributed by atoms with Gasteiger partial charge in [-0.05, 0) is 19.8 Å². The van der Waals surface area contributed by atoms with Crippen LogP contribution in [0.2, 0.25) is 0 Å². The fraction of sp³-hybridized carbons (Fsp3) is 0.786.